The first-order valence-corrected chi connectivity index (χ1v) is 9.70. The SMILES string of the molecule is CO[C@H]1CC2C(CCC3C[C@H](O)CC[C@@]32C)C2CCC[C@]21C. The van der Waals surface area contributed by atoms with Crippen LogP contribution in [0.3, 0.4) is 0 Å². The van der Waals surface area contributed by atoms with E-state index in [1.807, 2.05) is 7.11 Å². The highest BCUT2D eigenvalue weighted by atomic mass is 16.5. The highest BCUT2D eigenvalue weighted by Crippen LogP contribution is 2.66. The van der Waals surface area contributed by atoms with Crippen molar-refractivity contribution in [1.29, 1.82) is 0 Å². The molecule has 0 aromatic heterocycles. The molecule has 0 saturated heterocycles. The van der Waals surface area contributed by atoms with Gasteiger partial charge in [-0.1, -0.05) is 20.3 Å². The Bertz CT molecular complexity index is 435. The average molecular weight is 306 g/mol. The summed E-state index contributed by atoms with van der Waals surface area (Å²) < 4.78 is 6.05. The Morgan fingerprint density at radius 1 is 0.909 bits per heavy atom. The van der Waals surface area contributed by atoms with Gasteiger partial charge in [-0.15, -0.1) is 0 Å². The molecule has 1 N–H and O–H groups in total. The molecule has 4 unspecified atom stereocenters. The molecule has 4 saturated carbocycles. The molecule has 0 aromatic rings. The number of methoxy groups -OCH3 is 1. The fourth-order valence-corrected chi connectivity index (χ4v) is 7.53. The molecule has 8 atom stereocenters. The van der Waals surface area contributed by atoms with E-state index in [0.29, 0.717) is 16.9 Å². The zero-order valence-electron chi connectivity index (χ0n) is 14.7. The average Bonchev–Trinajstić information content (AvgIpc) is 2.90. The Morgan fingerprint density at radius 3 is 2.50 bits per heavy atom. The lowest BCUT2D eigenvalue weighted by atomic mass is 9.44. The highest BCUT2D eigenvalue weighted by molar-refractivity contribution is 5.10. The predicted octanol–water partition coefficient (Wildman–Crippen LogP) is 4.41. The van der Waals surface area contributed by atoms with Gasteiger partial charge in [0.1, 0.15) is 0 Å². The Kier molecular flexibility index (Phi) is 3.66. The number of ether oxygens (including phenoxy) is 1. The summed E-state index contributed by atoms with van der Waals surface area (Å²) in [5, 5.41) is 10.1. The van der Waals surface area contributed by atoms with Crippen molar-refractivity contribution in [3.8, 4) is 0 Å². The van der Waals surface area contributed by atoms with Gasteiger partial charge in [-0.3, -0.25) is 0 Å². The summed E-state index contributed by atoms with van der Waals surface area (Å²) in [6.07, 6.45) is 12.0. The molecule has 0 aliphatic heterocycles. The largest absolute Gasteiger partial charge is 0.393 e. The molecular weight excluding hydrogens is 272 g/mol. The molecule has 4 aliphatic rings. The fourth-order valence-electron chi connectivity index (χ4n) is 7.53. The van der Waals surface area contributed by atoms with E-state index in [4.69, 9.17) is 4.74 Å². The van der Waals surface area contributed by atoms with E-state index >= 15 is 0 Å². The monoisotopic (exact) mass is 306 g/mol. The zero-order valence-corrected chi connectivity index (χ0v) is 14.7. The van der Waals surface area contributed by atoms with Crippen molar-refractivity contribution in [2.75, 3.05) is 7.11 Å². The first-order chi connectivity index (χ1) is 10.5. The molecule has 2 nitrogen and oxygen atoms in total. The van der Waals surface area contributed by atoms with Crippen molar-refractivity contribution in [3.63, 3.8) is 0 Å². The van der Waals surface area contributed by atoms with Crippen molar-refractivity contribution in [2.45, 2.75) is 83.8 Å². The van der Waals surface area contributed by atoms with Gasteiger partial charge >= 0.3 is 0 Å². The van der Waals surface area contributed by atoms with Gasteiger partial charge < -0.3 is 9.84 Å². The van der Waals surface area contributed by atoms with Gasteiger partial charge in [-0.05, 0) is 85.9 Å². The van der Waals surface area contributed by atoms with Crippen LogP contribution in [0.1, 0.15) is 71.6 Å². The van der Waals surface area contributed by atoms with E-state index in [0.717, 1.165) is 36.5 Å². The number of hydrogen-bond donors (Lipinski definition) is 1. The quantitative estimate of drug-likeness (QED) is 0.778. The molecule has 0 aromatic carbocycles. The van der Waals surface area contributed by atoms with E-state index < -0.39 is 0 Å². The standard InChI is InChI=1S/C20H34O2/c1-19-10-8-14(21)11-13(19)6-7-15-16-5-4-9-20(16,2)18(22-3)12-17(15)19/h13-18,21H,4-12H2,1-3H3/t13?,14-,15?,16?,17?,18+,19+,20-/m1/s1. The van der Waals surface area contributed by atoms with E-state index in [9.17, 15) is 5.11 Å². The van der Waals surface area contributed by atoms with Crippen molar-refractivity contribution in [2.24, 2.45) is 34.5 Å². The van der Waals surface area contributed by atoms with Crippen LogP contribution >= 0.6 is 0 Å². The summed E-state index contributed by atoms with van der Waals surface area (Å²) in [6.45, 7) is 5.08. The lowest BCUT2D eigenvalue weighted by molar-refractivity contribution is -0.169. The number of rotatable bonds is 1. The summed E-state index contributed by atoms with van der Waals surface area (Å²) >= 11 is 0. The Hall–Kier alpha value is -0.0800. The number of aliphatic hydroxyl groups excluding tert-OH is 1. The van der Waals surface area contributed by atoms with Crippen molar-refractivity contribution in [3.05, 3.63) is 0 Å². The number of hydrogen-bond acceptors (Lipinski definition) is 2. The second-order valence-corrected chi connectivity index (χ2v) is 9.44. The fraction of sp³-hybridized carbons (Fsp3) is 1.00. The molecule has 0 spiro atoms. The topological polar surface area (TPSA) is 29.5 Å². The minimum atomic E-state index is -0.0341. The third-order valence-electron chi connectivity index (χ3n) is 8.80. The van der Waals surface area contributed by atoms with E-state index in [1.54, 1.807) is 0 Å². The van der Waals surface area contributed by atoms with Gasteiger partial charge in [0.05, 0.1) is 12.2 Å². The van der Waals surface area contributed by atoms with E-state index in [2.05, 4.69) is 13.8 Å². The summed E-state index contributed by atoms with van der Waals surface area (Å²) in [7, 11) is 1.94. The number of aliphatic hydroxyl groups is 1. The van der Waals surface area contributed by atoms with Crippen molar-refractivity contribution >= 4 is 0 Å². The van der Waals surface area contributed by atoms with Crippen LogP contribution in [0.15, 0.2) is 0 Å². The molecule has 4 rings (SSSR count). The molecule has 0 bridgehead atoms. The van der Waals surface area contributed by atoms with Gasteiger partial charge in [0, 0.05) is 7.11 Å². The molecule has 22 heavy (non-hydrogen) atoms. The Labute approximate surface area is 136 Å². The van der Waals surface area contributed by atoms with Gasteiger partial charge in [0.15, 0.2) is 0 Å². The van der Waals surface area contributed by atoms with Crippen LogP contribution in [0, 0.1) is 34.5 Å². The second kappa shape index (κ2) is 5.21. The van der Waals surface area contributed by atoms with Gasteiger partial charge in [-0.2, -0.15) is 0 Å². The third-order valence-corrected chi connectivity index (χ3v) is 8.80. The van der Waals surface area contributed by atoms with Gasteiger partial charge in [-0.25, -0.2) is 0 Å². The maximum Gasteiger partial charge on any atom is 0.0630 e. The normalized spacial score (nSPS) is 57.8. The Morgan fingerprint density at radius 2 is 1.73 bits per heavy atom. The molecule has 0 amide bonds. The number of fused-ring (bicyclic) bond motifs is 5. The summed E-state index contributed by atoms with van der Waals surface area (Å²) in [5.41, 5.74) is 0.899. The van der Waals surface area contributed by atoms with Crippen molar-refractivity contribution < 1.29 is 9.84 Å². The predicted molar refractivity (Wildman–Crippen MR) is 88.5 cm³/mol. The molecule has 4 fully saturated rings. The maximum atomic E-state index is 10.1. The zero-order chi connectivity index (χ0) is 15.5. The van der Waals surface area contributed by atoms with Crippen LogP contribution in [-0.2, 0) is 4.74 Å². The summed E-state index contributed by atoms with van der Waals surface area (Å²) in [4.78, 5) is 0. The smallest absolute Gasteiger partial charge is 0.0630 e. The van der Waals surface area contributed by atoms with Gasteiger partial charge in [0.25, 0.3) is 0 Å². The van der Waals surface area contributed by atoms with Crippen LogP contribution in [0.5, 0.6) is 0 Å². The second-order valence-electron chi connectivity index (χ2n) is 9.44. The van der Waals surface area contributed by atoms with Crippen LogP contribution < -0.4 is 0 Å². The molecule has 2 heteroatoms. The van der Waals surface area contributed by atoms with E-state index in [1.165, 1.54) is 44.9 Å². The minimum absolute atomic E-state index is 0.0341. The highest BCUT2D eigenvalue weighted by Gasteiger charge is 2.60. The molecule has 126 valence electrons. The van der Waals surface area contributed by atoms with E-state index in [-0.39, 0.29) is 6.10 Å². The van der Waals surface area contributed by atoms with Crippen LogP contribution in [0.25, 0.3) is 0 Å². The first kappa shape index (κ1) is 15.4. The molecular formula is C20H34O2. The lowest BCUT2D eigenvalue weighted by Crippen LogP contribution is -2.57. The third kappa shape index (κ3) is 1.99. The van der Waals surface area contributed by atoms with Crippen LogP contribution in [-0.4, -0.2) is 24.4 Å². The first-order valence-electron chi connectivity index (χ1n) is 9.70. The molecule has 0 radical (unpaired) electrons. The van der Waals surface area contributed by atoms with Gasteiger partial charge in [0.2, 0.25) is 0 Å². The van der Waals surface area contributed by atoms with Crippen LogP contribution in [0.2, 0.25) is 0 Å². The van der Waals surface area contributed by atoms with Crippen LogP contribution in [0.4, 0.5) is 0 Å². The minimum Gasteiger partial charge on any atom is -0.393 e. The summed E-state index contributed by atoms with van der Waals surface area (Å²) in [5.74, 6) is 3.40. The maximum absolute atomic E-state index is 10.1. The lowest BCUT2D eigenvalue weighted by Gasteiger charge is -2.62. The molecule has 4 aliphatic carbocycles. The Balaban J connectivity index is 1.66. The summed E-state index contributed by atoms with van der Waals surface area (Å²) in [6, 6.07) is 0. The molecule has 0 heterocycles. The van der Waals surface area contributed by atoms with Crippen molar-refractivity contribution in [1.82, 2.24) is 0 Å².